The third-order valence-electron chi connectivity index (χ3n) is 5.43. The average Bonchev–Trinajstić information content (AvgIpc) is 2.75. The van der Waals surface area contributed by atoms with Gasteiger partial charge in [0.25, 0.3) is 0 Å². The van der Waals surface area contributed by atoms with Crippen molar-refractivity contribution in [3.05, 3.63) is 136 Å². The Bertz CT molecular complexity index is 969. The molecular weight excluding hydrogens is 364 g/mol. The second-order valence-corrected chi connectivity index (χ2v) is 7.89. The van der Waals surface area contributed by atoms with E-state index in [0.717, 1.165) is 16.7 Å². The van der Waals surface area contributed by atoms with E-state index in [2.05, 4.69) is 93.6 Å². The first-order valence-electron chi connectivity index (χ1n) is 10.3. The van der Waals surface area contributed by atoms with E-state index in [1.54, 1.807) is 12.1 Å². The predicted octanol–water partition coefficient (Wildman–Crippen LogP) is 7.32. The maximum Gasteiger partial charge on any atom is 0.115 e. The van der Waals surface area contributed by atoms with Gasteiger partial charge in [-0.2, -0.15) is 0 Å². The molecule has 0 aliphatic carbocycles. The van der Waals surface area contributed by atoms with Gasteiger partial charge in [0.1, 0.15) is 5.75 Å². The van der Waals surface area contributed by atoms with Gasteiger partial charge in [0.05, 0.1) is 0 Å². The SMILES string of the molecule is Cc1ccc(C(=C(c2ccc(C)cc2)c2ccc(O)cc2)c2ccc(C)cc2)cc1. The summed E-state index contributed by atoms with van der Waals surface area (Å²) in [7, 11) is 0. The lowest BCUT2D eigenvalue weighted by atomic mass is 9.85. The summed E-state index contributed by atoms with van der Waals surface area (Å²) in [6.07, 6.45) is 0. The van der Waals surface area contributed by atoms with Crippen LogP contribution in [0.2, 0.25) is 0 Å². The number of phenols is 1. The van der Waals surface area contributed by atoms with Crippen molar-refractivity contribution >= 4 is 11.1 Å². The van der Waals surface area contributed by atoms with E-state index < -0.39 is 0 Å². The largest absolute Gasteiger partial charge is 0.508 e. The van der Waals surface area contributed by atoms with Crippen LogP contribution in [0, 0.1) is 20.8 Å². The number of benzene rings is 4. The summed E-state index contributed by atoms with van der Waals surface area (Å²) in [5.41, 5.74) is 10.6. The Kier molecular flexibility index (Phi) is 5.54. The summed E-state index contributed by atoms with van der Waals surface area (Å²) < 4.78 is 0. The second kappa shape index (κ2) is 8.42. The van der Waals surface area contributed by atoms with Crippen molar-refractivity contribution in [1.29, 1.82) is 0 Å². The average molecular weight is 391 g/mol. The van der Waals surface area contributed by atoms with Gasteiger partial charge in [-0.1, -0.05) is 102 Å². The van der Waals surface area contributed by atoms with E-state index in [4.69, 9.17) is 0 Å². The maximum atomic E-state index is 9.86. The van der Waals surface area contributed by atoms with Crippen LogP contribution < -0.4 is 0 Å². The minimum absolute atomic E-state index is 0.272. The number of rotatable bonds is 4. The van der Waals surface area contributed by atoms with Crippen LogP contribution in [0.3, 0.4) is 0 Å². The standard InChI is InChI=1S/C29H26O/c1-20-4-10-23(11-5-20)28(24-12-6-21(2)7-13-24)29(25-14-8-22(3)9-15-25)26-16-18-27(30)19-17-26/h4-19,30H,1-3H3. The van der Waals surface area contributed by atoms with E-state index >= 15 is 0 Å². The number of hydrogen-bond acceptors (Lipinski definition) is 1. The van der Waals surface area contributed by atoms with Crippen molar-refractivity contribution in [2.75, 3.05) is 0 Å². The summed E-state index contributed by atoms with van der Waals surface area (Å²) in [6.45, 7) is 6.33. The molecule has 0 fully saturated rings. The van der Waals surface area contributed by atoms with Crippen LogP contribution >= 0.6 is 0 Å². The van der Waals surface area contributed by atoms with Crippen molar-refractivity contribution in [3.8, 4) is 5.75 Å². The van der Waals surface area contributed by atoms with E-state index in [-0.39, 0.29) is 5.75 Å². The normalized spacial score (nSPS) is 10.6. The minimum atomic E-state index is 0.272. The summed E-state index contributed by atoms with van der Waals surface area (Å²) in [5.74, 6) is 0.272. The first kappa shape index (κ1) is 19.7. The van der Waals surface area contributed by atoms with Gasteiger partial charge >= 0.3 is 0 Å². The van der Waals surface area contributed by atoms with Gasteiger partial charge in [-0.15, -0.1) is 0 Å². The van der Waals surface area contributed by atoms with Crippen LogP contribution in [-0.2, 0) is 0 Å². The zero-order valence-electron chi connectivity index (χ0n) is 17.7. The fourth-order valence-corrected chi connectivity index (χ4v) is 3.70. The Labute approximate surface area is 179 Å². The quantitative estimate of drug-likeness (QED) is 0.362. The monoisotopic (exact) mass is 390 g/mol. The zero-order chi connectivity index (χ0) is 21.1. The summed E-state index contributed by atoms with van der Waals surface area (Å²) in [5, 5.41) is 9.86. The van der Waals surface area contributed by atoms with Crippen molar-refractivity contribution in [1.82, 2.24) is 0 Å². The van der Waals surface area contributed by atoms with Gasteiger partial charge in [-0.3, -0.25) is 0 Å². The van der Waals surface area contributed by atoms with E-state index in [9.17, 15) is 5.11 Å². The fourth-order valence-electron chi connectivity index (χ4n) is 3.70. The Balaban J connectivity index is 2.08. The number of aromatic hydroxyl groups is 1. The number of phenolic OH excluding ortho intramolecular Hbond substituents is 1. The van der Waals surface area contributed by atoms with Crippen LogP contribution in [0.1, 0.15) is 38.9 Å². The Morgan fingerprint density at radius 3 is 0.900 bits per heavy atom. The molecule has 30 heavy (non-hydrogen) atoms. The van der Waals surface area contributed by atoms with Gasteiger partial charge in [0, 0.05) is 0 Å². The molecule has 0 bridgehead atoms. The molecule has 0 aliphatic heterocycles. The molecule has 1 N–H and O–H groups in total. The van der Waals surface area contributed by atoms with Crippen LogP contribution in [0.5, 0.6) is 5.75 Å². The molecule has 4 aromatic rings. The molecule has 0 saturated heterocycles. The van der Waals surface area contributed by atoms with Crippen molar-refractivity contribution < 1.29 is 5.11 Å². The molecule has 0 aromatic heterocycles. The van der Waals surface area contributed by atoms with Crippen LogP contribution in [0.25, 0.3) is 11.1 Å². The fraction of sp³-hybridized carbons (Fsp3) is 0.103. The number of hydrogen-bond donors (Lipinski definition) is 1. The maximum absolute atomic E-state index is 9.86. The predicted molar refractivity (Wildman–Crippen MR) is 127 cm³/mol. The second-order valence-electron chi connectivity index (χ2n) is 7.89. The number of aryl methyl sites for hydroxylation is 3. The highest BCUT2D eigenvalue weighted by molar-refractivity contribution is 6.04. The molecule has 4 aromatic carbocycles. The molecule has 0 heterocycles. The van der Waals surface area contributed by atoms with E-state index in [1.165, 1.54) is 33.4 Å². The van der Waals surface area contributed by atoms with Gasteiger partial charge in [0.15, 0.2) is 0 Å². The van der Waals surface area contributed by atoms with Gasteiger partial charge in [0.2, 0.25) is 0 Å². The third-order valence-corrected chi connectivity index (χ3v) is 5.43. The summed E-state index contributed by atoms with van der Waals surface area (Å²) in [4.78, 5) is 0. The zero-order valence-corrected chi connectivity index (χ0v) is 17.7. The lowest BCUT2D eigenvalue weighted by molar-refractivity contribution is 0.475. The molecule has 148 valence electrons. The lowest BCUT2D eigenvalue weighted by Crippen LogP contribution is -1.98. The summed E-state index contributed by atoms with van der Waals surface area (Å²) in [6, 6.07) is 33.6. The van der Waals surface area contributed by atoms with Crippen LogP contribution in [0.4, 0.5) is 0 Å². The highest BCUT2D eigenvalue weighted by Crippen LogP contribution is 2.37. The topological polar surface area (TPSA) is 20.2 Å². The molecule has 1 nitrogen and oxygen atoms in total. The van der Waals surface area contributed by atoms with Crippen LogP contribution in [0.15, 0.2) is 97.1 Å². The summed E-state index contributed by atoms with van der Waals surface area (Å²) >= 11 is 0. The Morgan fingerprint density at radius 2 is 0.633 bits per heavy atom. The highest BCUT2D eigenvalue weighted by atomic mass is 16.3. The van der Waals surface area contributed by atoms with Crippen molar-refractivity contribution in [2.45, 2.75) is 20.8 Å². The molecule has 0 amide bonds. The lowest BCUT2D eigenvalue weighted by Gasteiger charge is -2.18. The van der Waals surface area contributed by atoms with E-state index in [0.29, 0.717) is 0 Å². The van der Waals surface area contributed by atoms with Gasteiger partial charge < -0.3 is 5.11 Å². The molecule has 0 aliphatic rings. The first-order valence-corrected chi connectivity index (χ1v) is 10.3. The first-order chi connectivity index (χ1) is 14.5. The molecule has 0 radical (unpaired) electrons. The molecule has 4 rings (SSSR count). The van der Waals surface area contributed by atoms with E-state index in [1.807, 2.05) is 12.1 Å². The molecule has 0 spiro atoms. The molecular formula is C29H26O. The van der Waals surface area contributed by atoms with Crippen molar-refractivity contribution in [3.63, 3.8) is 0 Å². The smallest absolute Gasteiger partial charge is 0.115 e. The third kappa shape index (κ3) is 4.21. The van der Waals surface area contributed by atoms with Gasteiger partial charge in [-0.25, -0.2) is 0 Å². The van der Waals surface area contributed by atoms with Gasteiger partial charge in [-0.05, 0) is 66.3 Å². The molecule has 0 atom stereocenters. The van der Waals surface area contributed by atoms with Crippen molar-refractivity contribution in [2.24, 2.45) is 0 Å². The molecule has 1 heteroatoms. The molecule has 0 unspecified atom stereocenters. The Hall–Kier alpha value is -3.58. The molecule has 0 saturated carbocycles. The minimum Gasteiger partial charge on any atom is -0.508 e. The van der Waals surface area contributed by atoms with Crippen LogP contribution in [-0.4, -0.2) is 5.11 Å². The Morgan fingerprint density at radius 1 is 0.400 bits per heavy atom. The highest BCUT2D eigenvalue weighted by Gasteiger charge is 2.16.